The van der Waals surface area contributed by atoms with Crippen LogP contribution in [0.5, 0.6) is 0 Å². The second kappa shape index (κ2) is 40.2. The van der Waals surface area contributed by atoms with E-state index in [1.54, 1.807) is 70.9 Å². The van der Waals surface area contributed by atoms with Gasteiger partial charge in [-0.15, -0.1) is 0 Å². The Balaban J connectivity index is -0.000000199. The van der Waals surface area contributed by atoms with Gasteiger partial charge in [0.05, 0.1) is 13.2 Å². The summed E-state index contributed by atoms with van der Waals surface area (Å²) in [4.78, 5) is 47.7. The highest BCUT2D eigenvalue weighted by atomic mass is 28.4. The number of nitrogens with two attached hydrogens (primary N) is 1. The molecule has 0 aromatic carbocycles. The van der Waals surface area contributed by atoms with Crippen LogP contribution in [0, 0.1) is 0 Å². The molecule has 0 aliphatic carbocycles. The van der Waals surface area contributed by atoms with Gasteiger partial charge in [0, 0.05) is 129 Å². The van der Waals surface area contributed by atoms with Crippen molar-refractivity contribution in [1.29, 1.82) is 0 Å². The largest absolute Gasteiger partial charge is 0.671 e. The zero-order valence-electron chi connectivity index (χ0n) is 37.9. The Morgan fingerprint density at radius 3 is 1.02 bits per heavy atom. The van der Waals surface area contributed by atoms with E-state index in [2.05, 4.69) is 8.85 Å². The molecule has 0 aromatic rings. The summed E-state index contributed by atoms with van der Waals surface area (Å²) >= 11 is 0. The maximum Gasteiger partial charge on any atom is 0.671 e. The van der Waals surface area contributed by atoms with Crippen molar-refractivity contribution < 1.29 is 100 Å². The molecule has 0 aromatic heterocycles. The van der Waals surface area contributed by atoms with Crippen LogP contribution in [0.2, 0.25) is 25.2 Å². The molecule has 0 amide bonds. The fourth-order valence-corrected chi connectivity index (χ4v) is 9.71. The SMILES string of the molecule is CCO[Si](C)(OCC)OCC.CCO[Si](O)(O)O.CO[Si](C)(OC)OC.CO[Si](CCCN)(OC)OC.CO[Si](CCCOCC1CO1)(OC)OC.CO[Si](O)(O)O. The number of ether oxygens (including phenoxy) is 2. The fraction of sp³-hybridized carbons (Fsp3) is 1.00. The molecule has 29 heteroatoms. The van der Waals surface area contributed by atoms with Crippen LogP contribution < -0.4 is 5.73 Å². The van der Waals surface area contributed by atoms with Crippen LogP contribution in [0.25, 0.3) is 0 Å². The van der Waals surface area contributed by atoms with E-state index in [1.807, 2.05) is 33.9 Å². The Morgan fingerprint density at radius 2 is 0.828 bits per heavy atom. The zero-order valence-corrected chi connectivity index (χ0v) is 43.9. The van der Waals surface area contributed by atoms with Crippen molar-refractivity contribution >= 4 is 53.3 Å². The number of hydrogen-bond donors (Lipinski definition) is 7. The molecule has 1 saturated heterocycles. The van der Waals surface area contributed by atoms with Gasteiger partial charge >= 0.3 is 53.3 Å². The summed E-state index contributed by atoms with van der Waals surface area (Å²) in [6.07, 6.45) is 2.09. The van der Waals surface area contributed by atoms with Crippen molar-refractivity contribution in [3.8, 4) is 0 Å². The fourth-order valence-electron chi connectivity index (χ4n) is 3.56. The van der Waals surface area contributed by atoms with E-state index < -0.39 is 53.3 Å². The second-order valence-corrected chi connectivity index (χ2v) is 25.8. The van der Waals surface area contributed by atoms with Crippen molar-refractivity contribution in [2.75, 3.05) is 124 Å². The van der Waals surface area contributed by atoms with Crippen LogP contribution in [0.4, 0.5) is 0 Å². The summed E-state index contributed by atoms with van der Waals surface area (Å²) < 4.78 is 80.6. The Kier molecular flexibility index (Phi) is 46.7. The normalized spacial score (nSPS) is 14.2. The molecule has 1 fully saturated rings. The molecule has 1 heterocycles. The quantitative estimate of drug-likeness (QED) is 0.0311. The summed E-state index contributed by atoms with van der Waals surface area (Å²) in [5.41, 5.74) is 5.36. The van der Waals surface area contributed by atoms with E-state index in [0.717, 1.165) is 38.6 Å². The van der Waals surface area contributed by atoms with E-state index in [0.29, 0.717) is 45.7 Å². The first-order valence-electron chi connectivity index (χ1n) is 18.3. The zero-order chi connectivity index (χ0) is 46.4. The molecule has 58 heavy (non-hydrogen) atoms. The molecule has 358 valence electrons. The van der Waals surface area contributed by atoms with Crippen molar-refractivity contribution in [2.45, 2.75) is 71.8 Å². The lowest BCUT2D eigenvalue weighted by Crippen LogP contribution is -2.42. The van der Waals surface area contributed by atoms with Crippen LogP contribution in [0.1, 0.15) is 40.5 Å². The molecule has 1 unspecified atom stereocenters. The summed E-state index contributed by atoms with van der Waals surface area (Å²) in [6.45, 7) is 16.1. The maximum atomic E-state index is 8.05. The van der Waals surface area contributed by atoms with Gasteiger partial charge in [-0.05, 0) is 47.1 Å². The average Bonchev–Trinajstić information content (AvgIpc) is 4.02. The van der Waals surface area contributed by atoms with E-state index >= 15 is 0 Å². The van der Waals surface area contributed by atoms with E-state index in [4.69, 9.17) is 97.1 Å². The Hall–Kier alpha value is 0.381. The summed E-state index contributed by atoms with van der Waals surface area (Å²) in [6, 6.07) is 1.56. The molecule has 0 spiro atoms. The molecule has 8 N–H and O–H groups in total. The molecular weight excluding hydrogens is 883 g/mol. The van der Waals surface area contributed by atoms with Gasteiger partial charge < -0.3 is 106 Å². The summed E-state index contributed by atoms with van der Waals surface area (Å²) in [5, 5.41) is 0. The first kappa shape index (κ1) is 67.5. The molecule has 1 atom stereocenters. The van der Waals surface area contributed by atoms with Crippen molar-refractivity contribution in [3.63, 3.8) is 0 Å². The second-order valence-electron chi connectivity index (χ2n) is 11.0. The van der Waals surface area contributed by atoms with Gasteiger partial charge in [-0.1, -0.05) is 0 Å². The minimum absolute atomic E-state index is 0.121. The Labute approximate surface area is 354 Å². The maximum absolute atomic E-state index is 8.05. The molecule has 0 radical (unpaired) electrons. The minimum Gasteiger partial charge on any atom is -0.379 e. The third kappa shape index (κ3) is 43.0. The van der Waals surface area contributed by atoms with Gasteiger partial charge in [-0.3, -0.25) is 0 Å². The molecule has 23 nitrogen and oxygen atoms in total. The van der Waals surface area contributed by atoms with Crippen LogP contribution in [0.3, 0.4) is 0 Å². The van der Waals surface area contributed by atoms with Gasteiger partial charge in [0.15, 0.2) is 0 Å². The molecule has 1 aliphatic rings. The molecule has 1 rings (SSSR count). The number of hydrogen-bond acceptors (Lipinski definition) is 23. The first-order chi connectivity index (χ1) is 27.0. The topological polar surface area (TPSA) is 298 Å². The lowest BCUT2D eigenvalue weighted by Gasteiger charge is -2.24. The minimum atomic E-state index is -4.16. The predicted molar refractivity (Wildman–Crippen MR) is 225 cm³/mol. The van der Waals surface area contributed by atoms with Crippen molar-refractivity contribution in [1.82, 2.24) is 0 Å². The molecule has 1 aliphatic heterocycles. The monoisotopic (exact) mass is 963 g/mol. The van der Waals surface area contributed by atoms with E-state index in [9.17, 15) is 0 Å². The Morgan fingerprint density at radius 1 is 0.500 bits per heavy atom. The van der Waals surface area contributed by atoms with Crippen LogP contribution in [0.15, 0.2) is 0 Å². The standard InChI is InChI=1S/C9H20O5Si.C7H18O3Si.C6H17NO3Si.C4H12O3Si.C2H8O4Si.CH6O4Si/c1-10-15(11-2,12-3)6-4-5-13-7-9-8-14-9;1-5-8-11(4,9-6-2)10-7-3;1-8-11(9-2,10-3)6-4-5-7;1-5-8(4,6-2)7-3;1-2-6-7(3,4)5;1-5-6(2,3)4/h9H,4-8H2,1-3H3;5-7H2,1-4H3;4-7H2,1-3H3;1-4H3;3-5H,2H2,1H3;2-4H,1H3. The van der Waals surface area contributed by atoms with Crippen LogP contribution >= 0.6 is 0 Å². The van der Waals surface area contributed by atoms with Gasteiger partial charge in [-0.25, -0.2) is 0 Å². The van der Waals surface area contributed by atoms with Crippen molar-refractivity contribution in [3.05, 3.63) is 0 Å². The van der Waals surface area contributed by atoms with Gasteiger partial charge in [-0.2, -0.15) is 0 Å². The van der Waals surface area contributed by atoms with E-state index in [-0.39, 0.29) is 6.61 Å². The first-order valence-corrected chi connectivity index (χ1v) is 30.1. The van der Waals surface area contributed by atoms with Crippen LogP contribution in [-0.4, -0.2) is 212 Å². The lowest BCUT2D eigenvalue weighted by molar-refractivity contribution is 0.0684. The van der Waals surface area contributed by atoms with Gasteiger partial charge in [0.25, 0.3) is 0 Å². The van der Waals surface area contributed by atoms with Gasteiger partial charge in [0.1, 0.15) is 6.10 Å². The molecule has 0 saturated carbocycles. The van der Waals surface area contributed by atoms with Crippen LogP contribution in [-0.2, 0) is 71.4 Å². The van der Waals surface area contributed by atoms with Crippen molar-refractivity contribution in [2.24, 2.45) is 5.73 Å². The predicted octanol–water partition coefficient (Wildman–Crippen LogP) is -0.477. The number of rotatable bonds is 27. The number of epoxide rings is 1. The summed E-state index contributed by atoms with van der Waals surface area (Å²) in [7, 11) is -1.96. The highest BCUT2D eigenvalue weighted by Gasteiger charge is 2.38. The Bertz CT molecular complexity index is 813. The highest BCUT2D eigenvalue weighted by Crippen LogP contribution is 2.16. The lowest BCUT2D eigenvalue weighted by atomic mass is 10.5. The van der Waals surface area contributed by atoms with Gasteiger partial charge in [0.2, 0.25) is 0 Å². The summed E-state index contributed by atoms with van der Waals surface area (Å²) in [5.74, 6) is 0. The molecule has 0 bridgehead atoms. The van der Waals surface area contributed by atoms with E-state index in [1.165, 1.54) is 0 Å². The third-order valence-corrected chi connectivity index (χ3v) is 18.5. The molecular formula is C29H81NO22Si6. The highest BCUT2D eigenvalue weighted by molar-refractivity contribution is 6.61. The smallest absolute Gasteiger partial charge is 0.379 e. The third-order valence-electron chi connectivity index (χ3n) is 6.97. The average molecular weight is 964 g/mol.